The van der Waals surface area contributed by atoms with Gasteiger partial charge in [-0.3, -0.25) is 9.69 Å². The average Bonchev–Trinajstić information content (AvgIpc) is 2.49. The van der Waals surface area contributed by atoms with Gasteiger partial charge >= 0.3 is 0 Å². The zero-order valence-electron chi connectivity index (χ0n) is 12.7. The molecule has 1 aliphatic heterocycles. The van der Waals surface area contributed by atoms with Gasteiger partial charge in [-0.05, 0) is 19.9 Å². The summed E-state index contributed by atoms with van der Waals surface area (Å²) in [4.78, 5) is 14.5. The summed E-state index contributed by atoms with van der Waals surface area (Å²) >= 11 is 0. The second-order valence-electron chi connectivity index (χ2n) is 6.07. The maximum Gasteiger partial charge on any atom is 0.221 e. The molecule has 0 radical (unpaired) electrons. The lowest BCUT2D eigenvalue weighted by atomic mass is 9.79. The fraction of sp³-hybridized carbons (Fsp3) is 0.933. The number of nitrogens with zero attached hydrogens (tertiary/aromatic N) is 1. The van der Waals surface area contributed by atoms with E-state index >= 15 is 0 Å². The van der Waals surface area contributed by atoms with Crippen LogP contribution in [0.1, 0.15) is 38.5 Å². The van der Waals surface area contributed by atoms with E-state index in [-0.39, 0.29) is 11.4 Å². The van der Waals surface area contributed by atoms with Crippen LogP contribution in [0.2, 0.25) is 0 Å². The predicted molar refractivity (Wildman–Crippen MR) is 79.8 cm³/mol. The average molecular weight is 283 g/mol. The number of ether oxygens (including phenoxy) is 1. The van der Waals surface area contributed by atoms with Crippen LogP contribution in [-0.2, 0) is 9.53 Å². The van der Waals surface area contributed by atoms with E-state index < -0.39 is 0 Å². The van der Waals surface area contributed by atoms with Gasteiger partial charge in [0.05, 0.1) is 13.2 Å². The van der Waals surface area contributed by atoms with Crippen LogP contribution in [0.15, 0.2) is 0 Å². The standard InChI is InChI=1S/C15H29N3O2/c1-16-15(5-3-2-4-6-15)13-14(19)17-7-8-18-9-11-20-12-10-18/h16H,2-13H2,1H3,(H,17,19). The molecule has 1 saturated heterocycles. The Kier molecular flexibility index (Phi) is 6.26. The Morgan fingerprint density at radius 2 is 1.90 bits per heavy atom. The smallest absolute Gasteiger partial charge is 0.221 e. The molecular weight excluding hydrogens is 254 g/mol. The van der Waals surface area contributed by atoms with Crippen LogP contribution in [0, 0.1) is 0 Å². The normalized spacial score (nSPS) is 23.4. The van der Waals surface area contributed by atoms with Crippen LogP contribution in [0.4, 0.5) is 0 Å². The van der Waals surface area contributed by atoms with Gasteiger partial charge in [0.15, 0.2) is 0 Å². The molecule has 20 heavy (non-hydrogen) atoms. The van der Waals surface area contributed by atoms with Gasteiger partial charge in [-0.25, -0.2) is 0 Å². The monoisotopic (exact) mass is 283 g/mol. The molecule has 2 aliphatic rings. The quantitative estimate of drug-likeness (QED) is 0.755. The van der Waals surface area contributed by atoms with Crippen molar-refractivity contribution in [2.24, 2.45) is 0 Å². The number of hydrogen-bond acceptors (Lipinski definition) is 4. The Morgan fingerprint density at radius 3 is 2.55 bits per heavy atom. The third-order valence-electron chi connectivity index (χ3n) is 4.69. The molecule has 5 nitrogen and oxygen atoms in total. The molecule has 0 atom stereocenters. The molecule has 1 saturated carbocycles. The fourth-order valence-corrected chi connectivity index (χ4v) is 3.29. The lowest BCUT2D eigenvalue weighted by Crippen LogP contribution is -2.49. The summed E-state index contributed by atoms with van der Waals surface area (Å²) < 4.78 is 5.32. The Balaban J connectivity index is 1.66. The van der Waals surface area contributed by atoms with E-state index in [0.717, 1.165) is 52.2 Å². The summed E-state index contributed by atoms with van der Waals surface area (Å²) in [5, 5.41) is 6.48. The van der Waals surface area contributed by atoms with Crippen LogP contribution in [0.25, 0.3) is 0 Å². The van der Waals surface area contributed by atoms with Crippen molar-refractivity contribution in [1.29, 1.82) is 0 Å². The molecule has 0 spiro atoms. The number of hydrogen-bond donors (Lipinski definition) is 2. The molecule has 2 N–H and O–H groups in total. The fourth-order valence-electron chi connectivity index (χ4n) is 3.29. The number of amides is 1. The molecular formula is C15H29N3O2. The highest BCUT2D eigenvalue weighted by molar-refractivity contribution is 5.77. The predicted octanol–water partition coefficient (Wildman–Crippen LogP) is 0.747. The summed E-state index contributed by atoms with van der Waals surface area (Å²) in [6.45, 7) is 5.28. The van der Waals surface area contributed by atoms with E-state index in [2.05, 4.69) is 15.5 Å². The first-order chi connectivity index (χ1) is 9.74. The zero-order valence-corrected chi connectivity index (χ0v) is 12.7. The summed E-state index contributed by atoms with van der Waals surface area (Å²) in [6, 6.07) is 0. The maximum absolute atomic E-state index is 12.1. The lowest BCUT2D eigenvalue weighted by Gasteiger charge is -2.36. The van der Waals surface area contributed by atoms with Crippen molar-refractivity contribution in [3.05, 3.63) is 0 Å². The van der Waals surface area contributed by atoms with Gasteiger partial charge < -0.3 is 15.4 Å². The van der Waals surface area contributed by atoms with E-state index in [1.807, 2.05) is 7.05 Å². The lowest BCUT2D eigenvalue weighted by molar-refractivity contribution is -0.123. The first kappa shape index (κ1) is 15.7. The SMILES string of the molecule is CNC1(CC(=O)NCCN2CCOCC2)CCCCC1. The second kappa shape index (κ2) is 7.96. The summed E-state index contributed by atoms with van der Waals surface area (Å²) in [7, 11) is 1.99. The van der Waals surface area contributed by atoms with E-state index in [0.29, 0.717) is 6.42 Å². The molecule has 0 aromatic rings. The highest BCUT2D eigenvalue weighted by Gasteiger charge is 2.32. The Morgan fingerprint density at radius 1 is 1.20 bits per heavy atom. The van der Waals surface area contributed by atoms with Crippen molar-refractivity contribution < 1.29 is 9.53 Å². The van der Waals surface area contributed by atoms with Crippen molar-refractivity contribution in [3.63, 3.8) is 0 Å². The minimum absolute atomic E-state index is 0.0430. The van der Waals surface area contributed by atoms with Crippen molar-refractivity contribution in [2.75, 3.05) is 46.4 Å². The Labute approximate surface area is 122 Å². The van der Waals surface area contributed by atoms with Gasteiger partial charge in [-0.15, -0.1) is 0 Å². The number of carbonyl (C=O) groups excluding carboxylic acids is 1. The van der Waals surface area contributed by atoms with Gasteiger partial charge in [-0.1, -0.05) is 19.3 Å². The molecule has 2 rings (SSSR count). The molecule has 5 heteroatoms. The molecule has 1 amide bonds. The van der Waals surface area contributed by atoms with Gasteiger partial charge in [0.1, 0.15) is 0 Å². The second-order valence-corrected chi connectivity index (χ2v) is 6.07. The highest BCUT2D eigenvalue weighted by atomic mass is 16.5. The maximum atomic E-state index is 12.1. The Bertz CT molecular complexity index is 297. The topological polar surface area (TPSA) is 53.6 Å². The molecule has 0 unspecified atom stereocenters. The molecule has 116 valence electrons. The van der Waals surface area contributed by atoms with Gasteiger partial charge in [-0.2, -0.15) is 0 Å². The Hall–Kier alpha value is -0.650. The van der Waals surface area contributed by atoms with Crippen molar-refractivity contribution in [2.45, 2.75) is 44.1 Å². The van der Waals surface area contributed by atoms with Crippen LogP contribution in [0.5, 0.6) is 0 Å². The molecule has 0 aromatic heterocycles. The zero-order chi connectivity index (χ0) is 14.3. The van der Waals surface area contributed by atoms with Crippen LogP contribution >= 0.6 is 0 Å². The summed E-state index contributed by atoms with van der Waals surface area (Å²) in [5.41, 5.74) is 0.0430. The van der Waals surface area contributed by atoms with Crippen LogP contribution < -0.4 is 10.6 Å². The molecule has 1 heterocycles. The van der Waals surface area contributed by atoms with E-state index in [4.69, 9.17) is 4.74 Å². The van der Waals surface area contributed by atoms with Crippen molar-refractivity contribution >= 4 is 5.91 Å². The summed E-state index contributed by atoms with van der Waals surface area (Å²) in [6.07, 6.45) is 6.65. The molecule has 0 bridgehead atoms. The third-order valence-corrected chi connectivity index (χ3v) is 4.69. The minimum atomic E-state index is 0.0430. The van der Waals surface area contributed by atoms with Crippen molar-refractivity contribution in [3.8, 4) is 0 Å². The number of rotatable bonds is 6. The number of nitrogens with one attached hydrogen (secondary N) is 2. The minimum Gasteiger partial charge on any atom is -0.379 e. The largest absolute Gasteiger partial charge is 0.379 e. The van der Waals surface area contributed by atoms with E-state index in [1.165, 1.54) is 19.3 Å². The number of carbonyl (C=O) groups is 1. The first-order valence-electron chi connectivity index (χ1n) is 8.00. The van der Waals surface area contributed by atoms with Crippen LogP contribution in [0.3, 0.4) is 0 Å². The number of morpholine rings is 1. The molecule has 1 aliphatic carbocycles. The van der Waals surface area contributed by atoms with E-state index in [9.17, 15) is 4.79 Å². The van der Waals surface area contributed by atoms with Gasteiger partial charge in [0.25, 0.3) is 0 Å². The molecule has 2 fully saturated rings. The molecule has 0 aromatic carbocycles. The first-order valence-corrected chi connectivity index (χ1v) is 8.00. The van der Waals surface area contributed by atoms with E-state index in [1.54, 1.807) is 0 Å². The third kappa shape index (κ3) is 4.72. The highest BCUT2D eigenvalue weighted by Crippen LogP contribution is 2.30. The van der Waals surface area contributed by atoms with Crippen LogP contribution in [-0.4, -0.2) is 62.8 Å². The summed E-state index contributed by atoms with van der Waals surface area (Å²) in [5.74, 6) is 0.189. The van der Waals surface area contributed by atoms with Gasteiger partial charge in [0.2, 0.25) is 5.91 Å². The van der Waals surface area contributed by atoms with Crippen molar-refractivity contribution in [1.82, 2.24) is 15.5 Å². The van der Waals surface area contributed by atoms with Gasteiger partial charge in [0, 0.05) is 38.1 Å².